The van der Waals surface area contributed by atoms with Crippen molar-refractivity contribution in [3.63, 3.8) is 0 Å². The molecule has 4 bridgehead atoms. The smallest absolute Gasteiger partial charge is 0.235 e. The Bertz CT molecular complexity index is 931. The number of nitrogens with zero attached hydrogens (tertiary/aromatic N) is 3. The average molecular weight is 428 g/mol. The number of thiazole rings is 1. The SMILES string of the molecule is COc1ccc(C)c2sc(N(CCN(C)C)C(=O)C34CC5CC(CC(C5)C3)C4)nc12. The number of anilines is 1. The first-order valence-electron chi connectivity index (χ1n) is 11.3. The predicted octanol–water partition coefficient (Wildman–Crippen LogP) is 4.72. The van der Waals surface area contributed by atoms with E-state index in [9.17, 15) is 4.79 Å². The Kier molecular flexibility index (Phi) is 5.05. The Morgan fingerprint density at radius 2 is 1.77 bits per heavy atom. The molecule has 0 N–H and O–H groups in total. The number of fused-ring (bicyclic) bond motifs is 1. The van der Waals surface area contributed by atoms with E-state index in [1.165, 1.54) is 24.8 Å². The molecule has 4 aliphatic rings. The molecule has 6 heteroatoms. The highest BCUT2D eigenvalue weighted by Crippen LogP contribution is 2.60. The molecule has 0 atom stereocenters. The maximum atomic E-state index is 14.2. The molecule has 5 nitrogen and oxygen atoms in total. The van der Waals surface area contributed by atoms with E-state index in [-0.39, 0.29) is 5.41 Å². The van der Waals surface area contributed by atoms with Gasteiger partial charge in [-0.1, -0.05) is 17.4 Å². The van der Waals surface area contributed by atoms with Crippen molar-refractivity contribution in [3.05, 3.63) is 17.7 Å². The van der Waals surface area contributed by atoms with E-state index in [4.69, 9.17) is 9.72 Å². The van der Waals surface area contributed by atoms with Crippen molar-refractivity contribution >= 4 is 32.6 Å². The fourth-order valence-corrected chi connectivity index (χ4v) is 7.70. The number of carbonyl (C=O) groups is 1. The maximum Gasteiger partial charge on any atom is 0.235 e. The van der Waals surface area contributed by atoms with Gasteiger partial charge >= 0.3 is 0 Å². The lowest BCUT2D eigenvalue weighted by Gasteiger charge is -2.56. The van der Waals surface area contributed by atoms with E-state index < -0.39 is 0 Å². The molecule has 30 heavy (non-hydrogen) atoms. The van der Waals surface area contributed by atoms with Crippen molar-refractivity contribution in [2.45, 2.75) is 45.4 Å². The topological polar surface area (TPSA) is 45.7 Å². The van der Waals surface area contributed by atoms with Gasteiger partial charge in [0.1, 0.15) is 11.3 Å². The molecule has 162 valence electrons. The third-order valence-corrected chi connectivity index (χ3v) is 8.86. The molecule has 4 fully saturated rings. The molecule has 0 radical (unpaired) electrons. The van der Waals surface area contributed by atoms with Crippen LogP contribution in [0.4, 0.5) is 5.13 Å². The number of methoxy groups -OCH3 is 1. The highest BCUT2D eigenvalue weighted by molar-refractivity contribution is 7.22. The largest absolute Gasteiger partial charge is 0.494 e. The minimum absolute atomic E-state index is 0.155. The quantitative estimate of drug-likeness (QED) is 0.669. The van der Waals surface area contributed by atoms with Gasteiger partial charge in [-0.3, -0.25) is 9.69 Å². The standard InChI is InChI=1S/C24H33N3O2S/c1-15-5-6-19(29-4)20-21(15)30-23(25-20)27(8-7-26(2)3)22(28)24-12-16-9-17(13-24)11-18(10-16)14-24/h5-6,16-18H,7-14H2,1-4H3. The number of rotatable bonds is 6. The van der Waals surface area contributed by atoms with Crippen molar-refractivity contribution in [2.24, 2.45) is 23.2 Å². The Labute approximate surface area is 183 Å². The van der Waals surface area contributed by atoms with E-state index in [2.05, 4.69) is 32.0 Å². The van der Waals surface area contributed by atoms with E-state index in [0.717, 1.165) is 64.7 Å². The molecule has 4 aliphatic carbocycles. The summed E-state index contributed by atoms with van der Waals surface area (Å²) in [6.45, 7) is 3.63. The van der Waals surface area contributed by atoms with Crippen molar-refractivity contribution in [1.82, 2.24) is 9.88 Å². The van der Waals surface area contributed by atoms with E-state index in [0.29, 0.717) is 12.5 Å². The molecule has 0 unspecified atom stereocenters. The average Bonchev–Trinajstić information content (AvgIpc) is 3.13. The van der Waals surface area contributed by atoms with Gasteiger partial charge in [0, 0.05) is 13.1 Å². The van der Waals surface area contributed by atoms with Gasteiger partial charge in [-0.2, -0.15) is 0 Å². The summed E-state index contributed by atoms with van der Waals surface area (Å²) in [6, 6.07) is 4.06. The van der Waals surface area contributed by atoms with Crippen LogP contribution in [0.5, 0.6) is 5.75 Å². The van der Waals surface area contributed by atoms with Crippen molar-refractivity contribution in [2.75, 3.05) is 39.2 Å². The van der Waals surface area contributed by atoms with Crippen LogP contribution in [0, 0.1) is 30.1 Å². The lowest BCUT2D eigenvalue weighted by molar-refractivity contribution is -0.143. The maximum absolute atomic E-state index is 14.2. The first-order valence-corrected chi connectivity index (χ1v) is 12.1. The first-order chi connectivity index (χ1) is 14.4. The molecule has 1 heterocycles. The Balaban J connectivity index is 1.53. The third-order valence-electron chi connectivity index (χ3n) is 7.65. The Hall–Kier alpha value is -1.66. The first kappa shape index (κ1) is 20.3. The number of aromatic nitrogens is 1. The molecule has 6 rings (SSSR count). The van der Waals surface area contributed by atoms with Gasteiger partial charge < -0.3 is 9.64 Å². The summed E-state index contributed by atoms with van der Waals surface area (Å²) in [6.07, 6.45) is 7.31. The molecule has 1 aromatic heterocycles. The number of ether oxygens (including phenoxy) is 1. The van der Waals surface area contributed by atoms with Crippen LogP contribution in [0.1, 0.15) is 44.1 Å². The van der Waals surface area contributed by atoms with Crippen LogP contribution in [0.3, 0.4) is 0 Å². The fourth-order valence-electron chi connectivity index (χ4n) is 6.62. The second-order valence-electron chi connectivity index (χ2n) is 10.2. The summed E-state index contributed by atoms with van der Waals surface area (Å²) in [5.74, 6) is 3.39. The molecule has 1 aromatic carbocycles. The minimum Gasteiger partial charge on any atom is -0.494 e. The monoisotopic (exact) mass is 427 g/mol. The summed E-state index contributed by atoms with van der Waals surface area (Å²) < 4.78 is 6.69. The fraction of sp³-hybridized carbons (Fsp3) is 0.667. The van der Waals surface area contributed by atoms with Gasteiger partial charge in [-0.15, -0.1) is 0 Å². The molecular formula is C24H33N3O2S. The highest BCUT2D eigenvalue weighted by Gasteiger charge is 2.56. The number of likely N-dealkylation sites (N-methyl/N-ethyl adjacent to an activating group) is 1. The van der Waals surface area contributed by atoms with Crippen LogP contribution in [-0.4, -0.2) is 50.1 Å². The second-order valence-corrected chi connectivity index (χ2v) is 11.2. The van der Waals surface area contributed by atoms with Crippen molar-refractivity contribution < 1.29 is 9.53 Å². The summed E-state index contributed by atoms with van der Waals surface area (Å²) in [4.78, 5) is 23.3. The lowest BCUT2D eigenvalue weighted by Crippen LogP contribution is -2.55. The molecule has 2 aromatic rings. The molecule has 0 spiro atoms. The van der Waals surface area contributed by atoms with E-state index >= 15 is 0 Å². The van der Waals surface area contributed by atoms with E-state index in [1.54, 1.807) is 18.4 Å². The second kappa shape index (κ2) is 7.49. The van der Waals surface area contributed by atoms with Crippen LogP contribution >= 0.6 is 11.3 Å². The van der Waals surface area contributed by atoms with Crippen molar-refractivity contribution in [1.29, 1.82) is 0 Å². The highest BCUT2D eigenvalue weighted by atomic mass is 32.1. The van der Waals surface area contributed by atoms with Crippen LogP contribution in [0.15, 0.2) is 12.1 Å². The van der Waals surface area contributed by atoms with Gasteiger partial charge in [0.2, 0.25) is 5.91 Å². The van der Waals surface area contributed by atoms with Crippen LogP contribution < -0.4 is 9.64 Å². The van der Waals surface area contributed by atoms with Gasteiger partial charge in [0.05, 0.1) is 17.2 Å². The summed E-state index contributed by atoms with van der Waals surface area (Å²) in [5, 5.41) is 0.834. The van der Waals surface area contributed by atoms with Crippen molar-refractivity contribution in [3.8, 4) is 5.75 Å². The summed E-state index contributed by atoms with van der Waals surface area (Å²) in [7, 11) is 5.82. The van der Waals surface area contributed by atoms with Gasteiger partial charge in [0.25, 0.3) is 0 Å². The Morgan fingerprint density at radius 1 is 1.13 bits per heavy atom. The zero-order valence-corrected chi connectivity index (χ0v) is 19.4. The third kappa shape index (κ3) is 3.32. The normalized spacial score (nSPS) is 29.7. The van der Waals surface area contributed by atoms with Crippen LogP contribution in [-0.2, 0) is 4.79 Å². The molecule has 0 aliphatic heterocycles. The van der Waals surface area contributed by atoms with Crippen LogP contribution in [0.2, 0.25) is 0 Å². The van der Waals surface area contributed by atoms with Gasteiger partial charge in [-0.05, 0) is 88.9 Å². The number of amides is 1. The minimum atomic E-state index is -0.155. The zero-order valence-electron chi connectivity index (χ0n) is 18.6. The van der Waals surface area contributed by atoms with E-state index in [1.807, 2.05) is 11.0 Å². The number of carbonyl (C=O) groups excluding carboxylic acids is 1. The number of hydrogen-bond donors (Lipinski definition) is 0. The molecule has 4 saturated carbocycles. The molecular weight excluding hydrogens is 394 g/mol. The summed E-state index contributed by atoms with van der Waals surface area (Å²) >= 11 is 1.64. The zero-order chi connectivity index (χ0) is 21.0. The lowest BCUT2D eigenvalue weighted by atomic mass is 9.49. The predicted molar refractivity (Wildman–Crippen MR) is 122 cm³/mol. The molecule has 1 amide bonds. The number of aryl methyl sites for hydroxylation is 1. The van der Waals surface area contributed by atoms with Gasteiger partial charge in [0.15, 0.2) is 5.13 Å². The summed E-state index contributed by atoms with van der Waals surface area (Å²) in [5.41, 5.74) is 1.91. The van der Waals surface area contributed by atoms with Crippen LogP contribution in [0.25, 0.3) is 10.2 Å². The number of benzene rings is 1. The Morgan fingerprint density at radius 3 is 2.33 bits per heavy atom. The molecule has 0 saturated heterocycles. The van der Waals surface area contributed by atoms with Gasteiger partial charge in [-0.25, -0.2) is 4.98 Å². The number of hydrogen-bond acceptors (Lipinski definition) is 5.